The molecule has 0 aromatic heterocycles. The summed E-state index contributed by atoms with van der Waals surface area (Å²) in [5.41, 5.74) is 0. The largest absolute Gasteiger partial charge is 0.394 e. The number of aliphatic hydroxyl groups is 1. The molecule has 0 heterocycles. The van der Waals surface area contributed by atoms with E-state index in [1.54, 1.807) is 0 Å². The highest BCUT2D eigenvalue weighted by atomic mass is 16.5. The molecule has 3 heteroatoms. The SMILES string of the molecule is CCCCCCCCC(C)CCOCCOCCO. The molecule has 0 saturated carbocycles. The molecule has 0 spiro atoms. The van der Waals surface area contributed by atoms with Gasteiger partial charge in [0.1, 0.15) is 0 Å². The van der Waals surface area contributed by atoms with E-state index in [2.05, 4.69) is 13.8 Å². The van der Waals surface area contributed by atoms with Gasteiger partial charge < -0.3 is 14.6 Å². The van der Waals surface area contributed by atoms with Crippen LogP contribution in [0.1, 0.15) is 65.2 Å². The maximum Gasteiger partial charge on any atom is 0.0701 e. The third-order valence-electron chi connectivity index (χ3n) is 3.41. The zero-order chi connectivity index (χ0) is 14.2. The molecule has 1 N–H and O–H groups in total. The molecule has 0 saturated heterocycles. The van der Waals surface area contributed by atoms with Gasteiger partial charge in [0.2, 0.25) is 0 Å². The minimum Gasteiger partial charge on any atom is -0.394 e. The van der Waals surface area contributed by atoms with Gasteiger partial charge in [-0.15, -0.1) is 0 Å². The van der Waals surface area contributed by atoms with Crippen LogP contribution in [0.4, 0.5) is 0 Å². The highest BCUT2D eigenvalue weighted by molar-refractivity contribution is 4.54. The Bertz CT molecular complexity index is 162. The van der Waals surface area contributed by atoms with Gasteiger partial charge in [-0.05, 0) is 12.3 Å². The summed E-state index contributed by atoms with van der Waals surface area (Å²) in [6, 6.07) is 0. The second-order valence-electron chi connectivity index (χ2n) is 5.40. The van der Waals surface area contributed by atoms with Crippen LogP contribution in [0.25, 0.3) is 0 Å². The van der Waals surface area contributed by atoms with E-state index in [4.69, 9.17) is 14.6 Å². The van der Waals surface area contributed by atoms with Gasteiger partial charge >= 0.3 is 0 Å². The van der Waals surface area contributed by atoms with Gasteiger partial charge in [-0.3, -0.25) is 0 Å². The smallest absolute Gasteiger partial charge is 0.0701 e. The minimum atomic E-state index is 0.0925. The molecule has 0 bridgehead atoms. The number of rotatable bonds is 15. The van der Waals surface area contributed by atoms with Crippen molar-refractivity contribution in [3.8, 4) is 0 Å². The van der Waals surface area contributed by atoms with E-state index in [1.807, 2.05) is 0 Å². The van der Waals surface area contributed by atoms with Gasteiger partial charge in [0.15, 0.2) is 0 Å². The van der Waals surface area contributed by atoms with E-state index in [1.165, 1.54) is 44.9 Å². The Morgan fingerprint density at radius 1 is 0.789 bits per heavy atom. The van der Waals surface area contributed by atoms with Crippen LogP contribution in [-0.4, -0.2) is 38.1 Å². The lowest BCUT2D eigenvalue weighted by atomic mass is 9.99. The molecule has 0 aliphatic rings. The average Bonchev–Trinajstić information content (AvgIpc) is 2.41. The molecule has 0 rings (SSSR count). The topological polar surface area (TPSA) is 38.7 Å². The van der Waals surface area contributed by atoms with Crippen LogP contribution in [0.2, 0.25) is 0 Å². The quantitative estimate of drug-likeness (QED) is 0.462. The summed E-state index contributed by atoms with van der Waals surface area (Å²) in [6.07, 6.45) is 10.8. The van der Waals surface area contributed by atoms with Crippen molar-refractivity contribution in [2.45, 2.75) is 65.2 Å². The van der Waals surface area contributed by atoms with Crippen LogP contribution in [0.15, 0.2) is 0 Å². The Hall–Kier alpha value is -0.120. The molecule has 0 radical (unpaired) electrons. The van der Waals surface area contributed by atoms with E-state index >= 15 is 0 Å². The molecule has 19 heavy (non-hydrogen) atoms. The fraction of sp³-hybridized carbons (Fsp3) is 1.00. The van der Waals surface area contributed by atoms with Crippen molar-refractivity contribution in [2.75, 3.05) is 33.0 Å². The molecular formula is C16H34O3. The van der Waals surface area contributed by atoms with E-state index in [0.29, 0.717) is 19.8 Å². The van der Waals surface area contributed by atoms with Crippen LogP contribution in [0.5, 0.6) is 0 Å². The molecule has 0 aliphatic heterocycles. The lowest BCUT2D eigenvalue weighted by molar-refractivity contribution is 0.0297. The Morgan fingerprint density at radius 3 is 2.11 bits per heavy atom. The summed E-state index contributed by atoms with van der Waals surface area (Å²) in [7, 11) is 0. The molecular weight excluding hydrogens is 240 g/mol. The first-order chi connectivity index (χ1) is 9.31. The lowest BCUT2D eigenvalue weighted by Crippen LogP contribution is -2.09. The van der Waals surface area contributed by atoms with Gasteiger partial charge in [0.25, 0.3) is 0 Å². The summed E-state index contributed by atoms with van der Waals surface area (Å²) >= 11 is 0. The van der Waals surface area contributed by atoms with E-state index in [-0.39, 0.29) is 6.61 Å². The number of unbranched alkanes of at least 4 members (excludes halogenated alkanes) is 5. The normalized spacial score (nSPS) is 12.8. The zero-order valence-electron chi connectivity index (χ0n) is 13.0. The van der Waals surface area contributed by atoms with Crippen molar-refractivity contribution < 1.29 is 14.6 Å². The highest BCUT2D eigenvalue weighted by Gasteiger charge is 2.02. The van der Waals surface area contributed by atoms with Crippen molar-refractivity contribution in [3.05, 3.63) is 0 Å². The molecule has 0 aromatic rings. The number of hydrogen-bond acceptors (Lipinski definition) is 3. The van der Waals surface area contributed by atoms with E-state index in [0.717, 1.165) is 18.9 Å². The van der Waals surface area contributed by atoms with Gasteiger partial charge in [-0.1, -0.05) is 58.8 Å². The summed E-state index contributed by atoms with van der Waals surface area (Å²) in [6.45, 7) is 7.15. The Morgan fingerprint density at radius 2 is 1.42 bits per heavy atom. The van der Waals surface area contributed by atoms with Crippen LogP contribution >= 0.6 is 0 Å². The molecule has 0 aliphatic carbocycles. The fourth-order valence-corrected chi connectivity index (χ4v) is 2.09. The van der Waals surface area contributed by atoms with Crippen LogP contribution in [-0.2, 0) is 9.47 Å². The summed E-state index contributed by atoms with van der Waals surface area (Å²) in [5.74, 6) is 0.768. The lowest BCUT2D eigenvalue weighted by Gasteiger charge is -2.11. The highest BCUT2D eigenvalue weighted by Crippen LogP contribution is 2.14. The van der Waals surface area contributed by atoms with Crippen LogP contribution < -0.4 is 0 Å². The van der Waals surface area contributed by atoms with Crippen molar-refractivity contribution in [1.29, 1.82) is 0 Å². The molecule has 3 nitrogen and oxygen atoms in total. The molecule has 0 aromatic carbocycles. The first kappa shape index (κ1) is 18.9. The second-order valence-corrected chi connectivity index (χ2v) is 5.40. The fourth-order valence-electron chi connectivity index (χ4n) is 2.09. The minimum absolute atomic E-state index is 0.0925. The van der Waals surface area contributed by atoms with Gasteiger partial charge in [0.05, 0.1) is 26.4 Å². The van der Waals surface area contributed by atoms with Gasteiger partial charge in [-0.2, -0.15) is 0 Å². The molecule has 0 fully saturated rings. The Kier molecular flexibility index (Phi) is 15.8. The van der Waals surface area contributed by atoms with Gasteiger partial charge in [0, 0.05) is 6.61 Å². The summed E-state index contributed by atoms with van der Waals surface area (Å²) in [5, 5.41) is 8.53. The maximum absolute atomic E-state index is 8.53. The Labute approximate surface area is 119 Å². The number of hydrogen-bond donors (Lipinski definition) is 1. The van der Waals surface area contributed by atoms with Crippen molar-refractivity contribution in [1.82, 2.24) is 0 Å². The molecule has 0 amide bonds. The monoisotopic (exact) mass is 274 g/mol. The van der Waals surface area contributed by atoms with Gasteiger partial charge in [-0.25, -0.2) is 0 Å². The standard InChI is InChI=1S/C16H34O3/c1-3-4-5-6-7-8-9-16(2)10-12-18-14-15-19-13-11-17/h16-17H,3-15H2,1-2H3. The first-order valence-electron chi connectivity index (χ1n) is 8.07. The third-order valence-corrected chi connectivity index (χ3v) is 3.41. The van der Waals surface area contributed by atoms with Crippen molar-refractivity contribution in [3.63, 3.8) is 0 Å². The second kappa shape index (κ2) is 15.9. The predicted molar refractivity (Wildman–Crippen MR) is 80.5 cm³/mol. The van der Waals surface area contributed by atoms with E-state index < -0.39 is 0 Å². The number of ether oxygens (including phenoxy) is 2. The maximum atomic E-state index is 8.53. The molecule has 1 atom stereocenters. The first-order valence-corrected chi connectivity index (χ1v) is 8.07. The molecule has 1 unspecified atom stereocenters. The predicted octanol–water partition coefficient (Wildman–Crippen LogP) is 3.79. The van der Waals surface area contributed by atoms with Crippen LogP contribution in [0, 0.1) is 5.92 Å². The van der Waals surface area contributed by atoms with Crippen molar-refractivity contribution >= 4 is 0 Å². The Balaban J connectivity index is 3.10. The summed E-state index contributed by atoms with van der Waals surface area (Å²) in [4.78, 5) is 0. The van der Waals surface area contributed by atoms with Crippen molar-refractivity contribution in [2.24, 2.45) is 5.92 Å². The number of aliphatic hydroxyl groups excluding tert-OH is 1. The zero-order valence-corrected chi connectivity index (χ0v) is 13.0. The third kappa shape index (κ3) is 15.8. The summed E-state index contributed by atoms with van der Waals surface area (Å²) < 4.78 is 10.6. The average molecular weight is 274 g/mol. The van der Waals surface area contributed by atoms with Crippen LogP contribution in [0.3, 0.4) is 0 Å². The molecule has 116 valence electrons. The van der Waals surface area contributed by atoms with E-state index in [9.17, 15) is 0 Å².